The highest BCUT2D eigenvalue weighted by Gasteiger charge is 2.32. The van der Waals surface area contributed by atoms with Gasteiger partial charge in [0, 0.05) is 0 Å². The third kappa shape index (κ3) is 11.7. The second kappa shape index (κ2) is 16.6. The maximum absolute atomic E-state index is 12.0. The van der Waals surface area contributed by atoms with Crippen molar-refractivity contribution in [2.45, 2.75) is 123 Å². The molecule has 0 saturated heterocycles. The summed E-state index contributed by atoms with van der Waals surface area (Å²) in [5.41, 5.74) is 0. The summed E-state index contributed by atoms with van der Waals surface area (Å²) >= 11 is 3.34. The maximum Gasteiger partial charge on any atom is 0.198 e. The van der Waals surface area contributed by atoms with Gasteiger partial charge in [-0.05, 0) is 34.3 Å². The third-order valence-corrected chi connectivity index (χ3v) is 6.10. The van der Waals surface area contributed by atoms with Crippen molar-refractivity contribution < 1.29 is 14.3 Å². The smallest absolute Gasteiger partial charge is 0.198 e. The van der Waals surface area contributed by atoms with E-state index in [0.717, 1.165) is 6.42 Å². The van der Waals surface area contributed by atoms with Gasteiger partial charge in [-0.2, -0.15) is 0 Å². The highest BCUT2D eigenvalue weighted by atomic mass is 79.9. The Kier molecular flexibility index (Phi) is 15.3. The standard InChI is InChI=1S/C24H43BrO3/c1-4-5-6-7-8-9-10-11-12-13-14-15-16-17-18-27-22-19-21(25)23(26)24(28-22)20(2)3/h19-20,22,24H,4-18H2,1-3H3. The molecule has 0 amide bonds. The number of ether oxygens (including phenoxy) is 2. The van der Waals surface area contributed by atoms with Crippen molar-refractivity contribution in [1.29, 1.82) is 0 Å². The van der Waals surface area contributed by atoms with Crippen molar-refractivity contribution in [2.24, 2.45) is 5.92 Å². The van der Waals surface area contributed by atoms with Crippen LogP contribution in [0.5, 0.6) is 0 Å². The lowest BCUT2D eigenvalue weighted by Crippen LogP contribution is -2.38. The predicted octanol–water partition coefficient (Wildman–Crippen LogP) is 7.71. The number of rotatable bonds is 17. The van der Waals surface area contributed by atoms with E-state index in [4.69, 9.17) is 9.47 Å². The van der Waals surface area contributed by atoms with Gasteiger partial charge in [0.25, 0.3) is 0 Å². The van der Waals surface area contributed by atoms with Crippen LogP contribution in [0.3, 0.4) is 0 Å². The highest BCUT2D eigenvalue weighted by Crippen LogP contribution is 2.25. The van der Waals surface area contributed by atoms with Gasteiger partial charge < -0.3 is 9.47 Å². The zero-order valence-electron chi connectivity index (χ0n) is 18.5. The average molecular weight is 460 g/mol. The molecule has 1 heterocycles. The Morgan fingerprint density at radius 1 is 0.893 bits per heavy atom. The number of ketones is 1. The lowest BCUT2D eigenvalue weighted by atomic mass is 10.0. The lowest BCUT2D eigenvalue weighted by molar-refractivity contribution is -0.170. The van der Waals surface area contributed by atoms with Crippen LogP contribution in [0.25, 0.3) is 0 Å². The third-order valence-electron chi connectivity index (χ3n) is 5.44. The highest BCUT2D eigenvalue weighted by molar-refractivity contribution is 9.12. The second-order valence-corrected chi connectivity index (χ2v) is 9.37. The van der Waals surface area contributed by atoms with Crippen LogP contribution in [0.2, 0.25) is 0 Å². The van der Waals surface area contributed by atoms with Gasteiger partial charge in [0.15, 0.2) is 12.1 Å². The molecule has 1 rings (SSSR count). The fourth-order valence-electron chi connectivity index (χ4n) is 3.63. The van der Waals surface area contributed by atoms with E-state index >= 15 is 0 Å². The summed E-state index contributed by atoms with van der Waals surface area (Å²) in [6, 6.07) is 0. The van der Waals surface area contributed by atoms with Gasteiger partial charge in [0.05, 0.1) is 11.1 Å². The molecule has 0 fully saturated rings. The second-order valence-electron chi connectivity index (χ2n) is 8.51. The molecule has 28 heavy (non-hydrogen) atoms. The van der Waals surface area contributed by atoms with E-state index in [9.17, 15) is 4.79 Å². The average Bonchev–Trinajstić information content (AvgIpc) is 2.67. The van der Waals surface area contributed by atoms with E-state index < -0.39 is 12.4 Å². The fourth-order valence-corrected chi connectivity index (χ4v) is 4.07. The quantitative estimate of drug-likeness (QED) is 0.209. The van der Waals surface area contributed by atoms with Crippen molar-refractivity contribution in [2.75, 3.05) is 6.61 Å². The van der Waals surface area contributed by atoms with Crippen molar-refractivity contribution >= 4 is 21.7 Å². The van der Waals surface area contributed by atoms with Crippen LogP contribution in [0, 0.1) is 5.92 Å². The van der Waals surface area contributed by atoms with E-state index in [1.165, 1.54) is 83.5 Å². The molecule has 0 saturated carbocycles. The summed E-state index contributed by atoms with van der Waals surface area (Å²) in [5.74, 6) is 0.173. The number of carbonyl (C=O) groups excluding carboxylic acids is 1. The molecule has 0 aromatic heterocycles. The number of carbonyl (C=O) groups is 1. The van der Waals surface area contributed by atoms with Crippen molar-refractivity contribution in [1.82, 2.24) is 0 Å². The number of Topliss-reactive ketones (excluding diaryl/α,β-unsaturated/α-hetero) is 1. The van der Waals surface area contributed by atoms with Gasteiger partial charge in [-0.25, -0.2) is 0 Å². The summed E-state index contributed by atoms with van der Waals surface area (Å²) in [6.45, 7) is 6.97. The molecular weight excluding hydrogens is 416 g/mol. The molecule has 0 aromatic rings. The molecule has 1 aliphatic rings. The van der Waals surface area contributed by atoms with Crippen molar-refractivity contribution in [3.63, 3.8) is 0 Å². The number of halogens is 1. The Hall–Kier alpha value is -0.190. The SMILES string of the molecule is CCCCCCCCCCCCCCCCOC1C=C(Br)C(=O)C(C(C)C)O1. The summed E-state index contributed by atoms with van der Waals surface area (Å²) in [5, 5.41) is 0. The first-order valence-corrected chi connectivity index (χ1v) is 12.5. The minimum atomic E-state index is -0.402. The summed E-state index contributed by atoms with van der Waals surface area (Å²) in [6.07, 6.45) is 19.9. The Labute approximate surface area is 182 Å². The van der Waals surface area contributed by atoms with Crippen LogP contribution in [0.4, 0.5) is 0 Å². The van der Waals surface area contributed by atoms with Gasteiger partial charge in [-0.1, -0.05) is 104 Å². The van der Waals surface area contributed by atoms with Crippen LogP contribution in [0.1, 0.15) is 111 Å². The minimum Gasteiger partial charge on any atom is -0.349 e. The molecule has 164 valence electrons. The Bertz CT molecular complexity index is 434. The van der Waals surface area contributed by atoms with E-state index in [1.807, 2.05) is 13.8 Å². The fraction of sp³-hybridized carbons (Fsp3) is 0.875. The molecule has 2 atom stereocenters. The zero-order chi connectivity index (χ0) is 20.6. The van der Waals surface area contributed by atoms with E-state index in [0.29, 0.717) is 11.1 Å². The van der Waals surface area contributed by atoms with Crippen LogP contribution in [0.15, 0.2) is 10.6 Å². The summed E-state index contributed by atoms with van der Waals surface area (Å²) in [4.78, 5) is 12.0. The van der Waals surface area contributed by atoms with Crippen LogP contribution in [-0.2, 0) is 14.3 Å². The summed E-state index contributed by atoms with van der Waals surface area (Å²) < 4.78 is 12.2. The first kappa shape index (κ1) is 25.8. The van der Waals surface area contributed by atoms with Crippen LogP contribution in [-0.4, -0.2) is 24.8 Å². The largest absolute Gasteiger partial charge is 0.349 e. The first-order chi connectivity index (χ1) is 13.6. The molecule has 0 bridgehead atoms. The Morgan fingerprint density at radius 2 is 1.36 bits per heavy atom. The predicted molar refractivity (Wildman–Crippen MR) is 122 cm³/mol. The molecule has 1 aliphatic heterocycles. The lowest BCUT2D eigenvalue weighted by Gasteiger charge is -2.28. The molecule has 2 unspecified atom stereocenters. The number of hydrogen-bond donors (Lipinski definition) is 0. The molecular formula is C24H43BrO3. The molecule has 4 heteroatoms. The molecule has 0 spiro atoms. The van der Waals surface area contributed by atoms with E-state index in [-0.39, 0.29) is 11.7 Å². The first-order valence-electron chi connectivity index (χ1n) is 11.7. The molecule has 0 N–H and O–H groups in total. The number of hydrogen-bond acceptors (Lipinski definition) is 3. The van der Waals surface area contributed by atoms with Gasteiger partial charge >= 0.3 is 0 Å². The molecule has 0 radical (unpaired) electrons. The topological polar surface area (TPSA) is 35.5 Å². The maximum atomic E-state index is 12.0. The normalized spacial score (nSPS) is 20.0. The van der Waals surface area contributed by atoms with Gasteiger partial charge in [0.1, 0.15) is 6.10 Å². The molecule has 3 nitrogen and oxygen atoms in total. The van der Waals surface area contributed by atoms with Gasteiger partial charge in [-0.3, -0.25) is 4.79 Å². The van der Waals surface area contributed by atoms with Crippen LogP contribution >= 0.6 is 15.9 Å². The monoisotopic (exact) mass is 458 g/mol. The Morgan fingerprint density at radius 3 is 1.82 bits per heavy atom. The molecule has 0 aliphatic carbocycles. The minimum absolute atomic E-state index is 0.0198. The van der Waals surface area contributed by atoms with Crippen LogP contribution < -0.4 is 0 Å². The molecule has 0 aromatic carbocycles. The van der Waals surface area contributed by atoms with Gasteiger partial charge in [-0.15, -0.1) is 0 Å². The van der Waals surface area contributed by atoms with Crippen molar-refractivity contribution in [3.8, 4) is 0 Å². The zero-order valence-corrected chi connectivity index (χ0v) is 20.1. The summed E-state index contributed by atoms with van der Waals surface area (Å²) in [7, 11) is 0. The van der Waals surface area contributed by atoms with Crippen molar-refractivity contribution in [3.05, 3.63) is 10.6 Å². The number of unbranched alkanes of at least 4 members (excludes halogenated alkanes) is 13. The van der Waals surface area contributed by atoms with E-state index in [1.54, 1.807) is 6.08 Å². The van der Waals surface area contributed by atoms with E-state index in [2.05, 4.69) is 22.9 Å². The Balaban J connectivity index is 1.91. The van der Waals surface area contributed by atoms with Gasteiger partial charge in [0.2, 0.25) is 0 Å².